The number of nitrogens with two attached hydrogens (primary N) is 1. The molecule has 2 rings (SSSR count). The number of halogens is 3. The van der Waals surface area contributed by atoms with Crippen molar-refractivity contribution >= 4 is 40.7 Å². The van der Waals surface area contributed by atoms with Crippen molar-refractivity contribution < 1.29 is 4.79 Å². The lowest BCUT2D eigenvalue weighted by atomic mass is 9.88. The predicted octanol–water partition coefficient (Wildman–Crippen LogP) is 4.37. The van der Waals surface area contributed by atoms with Crippen LogP contribution in [0.15, 0.2) is 24.3 Å². The van der Waals surface area contributed by atoms with Crippen LogP contribution in [0, 0.1) is 17.3 Å². The highest BCUT2D eigenvalue weighted by atomic mass is 35.5. The average Bonchev–Trinajstić information content (AvgIpc) is 2.98. The molecule has 1 amide bonds. The van der Waals surface area contributed by atoms with Gasteiger partial charge in [-0.1, -0.05) is 37.6 Å². The normalized spacial score (nSPS) is 30.3. The van der Waals surface area contributed by atoms with Gasteiger partial charge in [0.1, 0.15) is 4.84 Å². The number of benzene rings is 1. The number of rotatable bonds is 5. The molecule has 4 unspecified atom stereocenters. The molecular weight excluding hydrogens is 317 g/mol. The summed E-state index contributed by atoms with van der Waals surface area (Å²) in [5.41, 5.74) is 6.12. The molecule has 2 N–H and O–H groups in total. The van der Waals surface area contributed by atoms with Crippen molar-refractivity contribution in [3.8, 4) is 0 Å². The Morgan fingerprint density at radius 1 is 1.35 bits per heavy atom. The minimum Gasteiger partial charge on any atom is -0.369 e. The number of carbonyl (C=O) groups is 1. The van der Waals surface area contributed by atoms with Crippen LogP contribution in [0.25, 0.3) is 0 Å². The second kappa shape index (κ2) is 5.75. The Hall–Kier alpha value is -0.440. The molecule has 4 atom stereocenters. The molecule has 2 nitrogen and oxygen atoms in total. The van der Waals surface area contributed by atoms with Gasteiger partial charge in [0.25, 0.3) is 0 Å². The number of carbonyl (C=O) groups excluding carboxylic acids is 1. The highest BCUT2D eigenvalue weighted by molar-refractivity contribution is 6.44. The third-order valence-electron chi connectivity index (χ3n) is 4.79. The summed E-state index contributed by atoms with van der Waals surface area (Å²) < 4.78 is 0. The fraction of sp³-hybridized carbons (Fsp3) is 0.533. The molecule has 0 heterocycles. The molecule has 1 aromatic rings. The van der Waals surface area contributed by atoms with Gasteiger partial charge in [0.15, 0.2) is 0 Å². The Bertz CT molecular complexity index is 502. The molecule has 20 heavy (non-hydrogen) atoms. The standard InChI is InChI=1S/C15H18Cl3NO/c1-3-15(14(19)20)8(2)12(15)11(13(17)18)9-4-6-10(16)7-5-9/h4-8,11-13H,3H2,1-2H3,(H2,19,20). The van der Waals surface area contributed by atoms with E-state index in [2.05, 4.69) is 0 Å². The highest BCUT2D eigenvalue weighted by Gasteiger charge is 2.68. The topological polar surface area (TPSA) is 43.1 Å². The Labute approximate surface area is 134 Å². The molecule has 0 bridgehead atoms. The fourth-order valence-corrected chi connectivity index (χ4v) is 4.34. The van der Waals surface area contributed by atoms with Crippen LogP contribution < -0.4 is 5.73 Å². The van der Waals surface area contributed by atoms with Crippen molar-refractivity contribution in [3.63, 3.8) is 0 Å². The highest BCUT2D eigenvalue weighted by Crippen LogP contribution is 2.67. The first-order valence-corrected chi connectivity index (χ1v) is 7.94. The van der Waals surface area contributed by atoms with Crippen molar-refractivity contribution in [3.05, 3.63) is 34.9 Å². The van der Waals surface area contributed by atoms with E-state index in [0.29, 0.717) is 11.4 Å². The van der Waals surface area contributed by atoms with Gasteiger partial charge in [-0.05, 0) is 36.0 Å². The summed E-state index contributed by atoms with van der Waals surface area (Å²) in [6, 6.07) is 7.45. The number of alkyl halides is 2. The molecule has 0 aromatic heterocycles. The van der Waals surface area contributed by atoms with Crippen LogP contribution in [0.3, 0.4) is 0 Å². The van der Waals surface area contributed by atoms with E-state index in [1.807, 2.05) is 38.1 Å². The molecule has 1 aliphatic carbocycles. The van der Waals surface area contributed by atoms with Gasteiger partial charge in [-0.3, -0.25) is 4.79 Å². The smallest absolute Gasteiger partial charge is 0.224 e. The molecular formula is C15H18Cl3NO. The lowest BCUT2D eigenvalue weighted by molar-refractivity contribution is -0.124. The fourth-order valence-electron chi connectivity index (χ4n) is 3.61. The molecule has 1 aromatic carbocycles. The molecule has 1 aliphatic rings. The maximum atomic E-state index is 11.9. The van der Waals surface area contributed by atoms with E-state index in [9.17, 15) is 4.79 Å². The first kappa shape index (κ1) is 15.9. The Morgan fingerprint density at radius 2 is 1.90 bits per heavy atom. The Kier molecular flexibility index (Phi) is 4.58. The van der Waals surface area contributed by atoms with Crippen LogP contribution in [0.2, 0.25) is 5.02 Å². The van der Waals surface area contributed by atoms with Crippen LogP contribution in [0.4, 0.5) is 0 Å². The first-order valence-electron chi connectivity index (χ1n) is 6.69. The number of hydrogen-bond acceptors (Lipinski definition) is 1. The second-order valence-corrected chi connectivity index (χ2v) is 7.08. The molecule has 0 aliphatic heterocycles. The minimum atomic E-state index is -0.587. The van der Waals surface area contributed by atoms with Gasteiger partial charge >= 0.3 is 0 Å². The van der Waals surface area contributed by atoms with E-state index in [0.717, 1.165) is 5.56 Å². The average molecular weight is 335 g/mol. The molecule has 1 saturated carbocycles. The first-order chi connectivity index (χ1) is 9.36. The zero-order valence-corrected chi connectivity index (χ0v) is 13.7. The van der Waals surface area contributed by atoms with Crippen LogP contribution in [-0.4, -0.2) is 10.7 Å². The minimum absolute atomic E-state index is 0.0752. The summed E-state index contributed by atoms with van der Waals surface area (Å²) in [7, 11) is 0. The maximum absolute atomic E-state index is 11.9. The number of primary amides is 1. The SMILES string of the molecule is CCC1(C(N)=O)C(C)C1C(c1ccc(Cl)cc1)C(Cl)Cl. The van der Waals surface area contributed by atoms with Gasteiger partial charge in [-0.2, -0.15) is 0 Å². The number of hydrogen-bond donors (Lipinski definition) is 1. The summed E-state index contributed by atoms with van der Waals surface area (Å²) in [5.74, 6) is -0.111. The van der Waals surface area contributed by atoms with Gasteiger partial charge in [-0.25, -0.2) is 0 Å². The molecule has 0 spiro atoms. The van der Waals surface area contributed by atoms with Gasteiger partial charge in [0.2, 0.25) is 5.91 Å². The van der Waals surface area contributed by atoms with Crippen molar-refractivity contribution in [1.82, 2.24) is 0 Å². The van der Waals surface area contributed by atoms with Crippen molar-refractivity contribution in [2.75, 3.05) is 0 Å². The van der Waals surface area contributed by atoms with Crippen LogP contribution in [-0.2, 0) is 4.79 Å². The van der Waals surface area contributed by atoms with E-state index in [-0.39, 0.29) is 23.7 Å². The van der Waals surface area contributed by atoms with Crippen molar-refractivity contribution in [2.24, 2.45) is 23.0 Å². The monoisotopic (exact) mass is 333 g/mol. The van der Waals surface area contributed by atoms with E-state index in [1.54, 1.807) is 0 Å². The van der Waals surface area contributed by atoms with Crippen molar-refractivity contribution in [1.29, 1.82) is 0 Å². The summed E-state index contributed by atoms with van der Waals surface area (Å²) in [6.07, 6.45) is 0.707. The number of amides is 1. The molecule has 5 heteroatoms. The quantitative estimate of drug-likeness (QED) is 0.798. The summed E-state index contributed by atoms with van der Waals surface area (Å²) >= 11 is 18.3. The summed E-state index contributed by atoms with van der Waals surface area (Å²) in [6.45, 7) is 4.02. The Morgan fingerprint density at radius 3 is 2.25 bits per heavy atom. The van der Waals surface area contributed by atoms with E-state index in [4.69, 9.17) is 40.5 Å². The molecule has 0 radical (unpaired) electrons. The van der Waals surface area contributed by atoms with Gasteiger partial charge in [0, 0.05) is 10.9 Å². The lowest BCUT2D eigenvalue weighted by Gasteiger charge is -2.21. The third-order valence-corrected chi connectivity index (χ3v) is 5.59. The maximum Gasteiger partial charge on any atom is 0.224 e. The van der Waals surface area contributed by atoms with Gasteiger partial charge in [0.05, 0.1) is 5.41 Å². The largest absolute Gasteiger partial charge is 0.369 e. The van der Waals surface area contributed by atoms with E-state index >= 15 is 0 Å². The molecule has 110 valence electrons. The van der Waals surface area contributed by atoms with Crippen molar-refractivity contribution in [2.45, 2.75) is 31.0 Å². The van der Waals surface area contributed by atoms with E-state index < -0.39 is 10.3 Å². The van der Waals surface area contributed by atoms with Gasteiger partial charge in [-0.15, -0.1) is 23.2 Å². The van der Waals surface area contributed by atoms with Crippen LogP contribution >= 0.6 is 34.8 Å². The predicted molar refractivity (Wildman–Crippen MR) is 84.3 cm³/mol. The lowest BCUT2D eigenvalue weighted by Crippen LogP contribution is -2.29. The zero-order valence-electron chi connectivity index (χ0n) is 11.4. The third kappa shape index (κ3) is 2.43. The zero-order chi connectivity index (χ0) is 15.1. The van der Waals surface area contributed by atoms with Crippen LogP contribution in [0.5, 0.6) is 0 Å². The van der Waals surface area contributed by atoms with E-state index in [1.165, 1.54) is 0 Å². The van der Waals surface area contributed by atoms with Gasteiger partial charge < -0.3 is 5.73 Å². The summed E-state index contributed by atoms with van der Waals surface area (Å²) in [5, 5.41) is 0.661. The second-order valence-electron chi connectivity index (χ2n) is 5.48. The van der Waals surface area contributed by atoms with Crippen LogP contribution in [0.1, 0.15) is 31.7 Å². The summed E-state index contributed by atoms with van der Waals surface area (Å²) in [4.78, 5) is 11.3. The molecule has 0 saturated heterocycles. The molecule has 1 fully saturated rings. The Balaban J connectivity index is 2.37.